The van der Waals surface area contributed by atoms with E-state index in [-0.39, 0.29) is 17.9 Å². The Balaban J connectivity index is 1.93. The molecule has 0 aliphatic rings. The minimum absolute atomic E-state index is 0.0129. The zero-order valence-electron chi connectivity index (χ0n) is 14.7. The highest BCUT2D eigenvalue weighted by atomic mass is 79.9. The summed E-state index contributed by atoms with van der Waals surface area (Å²) in [6.07, 6.45) is 0. The molecule has 28 heavy (non-hydrogen) atoms. The fourth-order valence-corrected chi connectivity index (χ4v) is 4.47. The molecule has 3 N–H and O–H groups in total. The molecule has 10 heteroatoms. The van der Waals surface area contributed by atoms with Gasteiger partial charge in [-0.1, -0.05) is 15.9 Å². The molecule has 142 valence electrons. The van der Waals surface area contributed by atoms with Gasteiger partial charge in [0.15, 0.2) is 5.75 Å². The number of hydrogen-bond acceptors (Lipinski definition) is 7. The first-order valence-corrected chi connectivity index (χ1v) is 10.3. The highest BCUT2D eigenvalue weighted by Gasteiger charge is 2.19. The summed E-state index contributed by atoms with van der Waals surface area (Å²) in [7, 11) is 0. The standard InChI is InChI=1S/C18H13Br3N6O/c1-8-12(19)9(2)14(21)15(13(8)20)28-18-26-16(23)25-17(27-18)24-11-5-3-10(7-22)4-6-11/h3-6H,1-2H3,(H3,23,24,25,26,27). The number of halogens is 3. The van der Waals surface area contributed by atoms with Crippen molar-refractivity contribution in [3.05, 3.63) is 54.4 Å². The summed E-state index contributed by atoms with van der Waals surface area (Å²) in [4.78, 5) is 12.4. The Bertz CT molecular complexity index is 1070. The minimum Gasteiger partial charge on any atom is -0.422 e. The van der Waals surface area contributed by atoms with Gasteiger partial charge in [0.25, 0.3) is 0 Å². The van der Waals surface area contributed by atoms with Gasteiger partial charge in [-0.2, -0.15) is 20.2 Å². The number of aromatic nitrogens is 3. The molecule has 0 bridgehead atoms. The lowest BCUT2D eigenvalue weighted by molar-refractivity contribution is 0.435. The SMILES string of the molecule is Cc1c(Br)c(C)c(Br)c(Oc2nc(N)nc(Nc3ccc(C#N)cc3)n2)c1Br. The second-order valence-electron chi connectivity index (χ2n) is 5.74. The van der Waals surface area contributed by atoms with Crippen LogP contribution in [0, 0.1) is 25.2 Å². The summed E-state index contributed by atoms with van der Waals surface area (Å²) in [5, 5.41) is 11.9. The summed E-state index contributed by atoms with van der Waals surface area (Å²) >= 11 is 10.7. The maximum absolute atomic E-state index is 8.88. The van der Waals surface area contributed by atoms with Gasteiger partial charge >= 0.3 is 6.01 Å². The van der Waals surface area contributed by atoms with E-state index in [0.717, 1.165) is 24.5 Å². The van der Waals surface area contributed by atoms with Crippen LogP contribution in [0.1, 0.15) is 16.7 Å². The molecule has 1 aromatic heterocycles. The molecule has 0 amide bonds. The zero-order chi connectivity index (χ0) is 20.4. The van der Waals surface area contributed by atoms with Crippen LogP contribution in [-0.4, -0.2) is 15.0 Å². The summed E-state index contributed by atoms with van der Waals surface area (Å²) in [6.45, 7) is 3.92. The van der Waals surface area contributed by atoms with Crippen LogP contribution in [0.15, 0.2) is 37.7 Å². The van der Waals surface area contributed by atoms with Crippen LogP contribution >= 0.6 is 47.8 Å². The molecule has 3 aromatic rings. The third-order valence-electron chi connectivity index (χ3n) is 3.81. The molecule has 0 fully saturated rings. The van der Waals surface area contributed by atoms with Crippen molar-refractivity contribution in [2.24, 2.45) is 0 Å². The molecule has 7 nitrogen and oxygen atoms in total. The first-order valence-electron chi connectivity index (χ1n) is 7.90. The van der Waals surface area contributed by atoms with E-state index in [4.69, 9.17) is 15.7 Å². The van der Waals surface area contributed by atoms with E-state index in [1.54, 1.807) is 24.3 Å². The van der Waals surface area contributed by atoms with Crippen molar-refractivity contribution in [2.75, 3.05) is 11.1 Å². The molecule has 3 rings (SSSR count). The number of nitrogen functional groups attached to an aromatic ring is 1. The predicted octanol–water partition coefficient (Wildman–Crippen LogP) is 5.77. The number of nitrogens with one attached hydrogen (secondary N) is 1. The second kappa shape index (κ2) is 8.43. The number of rotatable bonds is 4. The summed E-state index contributed by atoms with van der Waals surface area (Å²) in [5.41, 5.74) is 9.03. The van der Waals surface area contributed by atoms with Gasteiger partial charge in [-0.3, -0.25) is 0 Å². The van der Waals surface area contributed by atoms with Gasteiger partial charge in [0.2, 0.25) is 11.9 Å². The fourth-order valence-electron chi connectivity index (χ4n) is 2.32. The van der Waals surface area contributed by atoms with Crippen molar-refractivity contribution >= 4 is 65.4 Å². The average molecular weight is 569 g/mol. The van der Waals surface area contributed by atoms with Crippen LogP contribution in [0.3, 0.4) is 0 Å². The topological polar surface area (TPSA) is 110 Å². The molecule has 0 saturated heterocycles. The van der Waals surface area contributed by atoms with Gasteiger partial charge in [0, 0.05) is 10.2 Å². The molecule has 0 unspecified atom stereocenters. The van der Waals surface area contributed by atoms with E-state index in [9.17, 15) is 0 Å². The van der Waals surface area contributed by atoms with E-state index < -0.39 is 0 Å². The highest BCUT2D eigenvalue weighted by molar-refractivity contribution is 9.11. The van der Waals surface area contributed by atoms with Crippen LogP contribution in [0.2, 0.25) is 0 Å². The van der Waals surface area contributed by atoms with Crippen molar-refractivity contribution < 1.29 is 4.74 Å². The summed E-state index contributed by atoms with van der Waals surface area (Å²) in [5.74, 6) is 0.775. The zero-order valence-corrected chi connectivity index (χ0v) is 19.5. The molecular formula is C18H13Br3N6O. The predicted molar refractivity (Wildman–Crippen MR) is 118 cm³/mol. The number of nitriles is 1. The van der Waals surface area contributed by atoms with E-state index in [1.807, 2.05) is 13.8 Å². The van der Waals surface area contributed by atoms with Crippen molar-refractivity contribution in [2.45, 2.75) is 13.8 Å². The molecule has 0 atom stereocenters. The maximum Gasteiger partial charge on any atom is 0.328 e. The highest BCUT2D eigenvalue weighted by Crippen LogP contribution is 2.44. The molecule has 0 saturated carbocycles. The van der Waals surface area contributed by atoms with Gasteiger partial charge < -0.3 is 15.8 Å². The van der Waals surface area contributed by atoms with Crippen molar-refractivity contribution in [1.82, 2.24) is 15.0 Å². The van der Waals surface area contributed by atoms with Crippen molar-refractivity contribution in [3.8, 4) is 17.8 Å². The van der Waals surface area contributed by atoms with Gasteiger partial charge in [-0.05, 0) is 81.1 Å². The van der Waals surface area contributed by atoms with E-state index >= 15 is 0 Å². The number of benzene rings is 2. The third kappa shape index (κ3) is 4.27. The van der Waals surface area contributed by atoms with Crippen molar-refractivity contribution in [3.63, 3.8) is 0 Å². The van der Waals surface area contributed by atoms with Gasteiger partial charge in [-0.15, -0.1) is 0 Å². The van der Waals surface area contributed by atoms with Crippen LogP contribution < -0.4 is 15.8 Å². The Morgan fingerprint density at radius 3 is 2.14 bits per heavy atom. The van der Waals surface area contributed by atoms with Crippen LogP contribution in [0.4, 0.5) is 17.6 Å². The summed E-state index contributed by atoms with van der Waals surface area (Å²) in [6, 6.07) is 8.97. The average Bonchev–Trinajstić information content (AvgIpc) is 2.68. The Kier molecular flexibility index (Phi) is 6.17. The van der Waals surface area contributed by atoms with E-state index in [0.29, 0.717) is 17.0 Å². The normalized spacial score (nSPS) is 10.4. The first-order chi connectivity index (χ1) is 13.3. The Labute approximate surface area is 186 Å². The fraction of sp³-hybridized carbons (Fsp3) is 0.111. The molecular weight excluding hydrogens is 556 g/mol. The Morgan fingerprint density at radius 1 is 0.964 bits per heavy atom. The Morgan fingerprint density at radius 2 is 1.57 bits per heavy atom. The lowest BCUT2D eigenvalue weighted by atomic mass is 10.1. The van der Waals surface area contributed by atoms with Crippen LogP contribution in [0.25, 0.3) is 0 Å². The smallest absolute Gasteiger partial charge is 0.328 e. The van der Waals surface area contributed by atoms with Crippen molar-refractivity contribution in [1.29, 1.82) is 5.26 Å². The second-order valence-corrected chi connectivity index (χ2v) is 8.12. The number of nitrogens with zero attached hydrogens (tertiary/aromatic N) is 4. The minimum atomic E-state index is 0.0129. The van der Waals surface area contributed by atoms with E-state index in [2.05, 4.69) is 74.1 Å². The third-order valence-corrected chi connectivity index (χ3v) is 6.91. The molecule has 1 heterocycles. The molecule has 0 aliphatic heterocycles. The molecule has 2 aromatic carbocycles. The Hall–Kier alpha value is -2.22. The monoisotopic (exact) mass is 566 g/mol. The molecule has 0 aliphatic carbocycles. The first kappa shape index (κ1) is 20.5. The van der Waals surface area contributed by atoms with Crippen LogP contribution in [0.5, 0.6) is 11.8 Å². The number of ether oxygens (including phenoxy) is 1. The lowest BCUT2D eigenvalue weighted by Gasteiger charge is -2.15. The van der Waals surface area contributed by atoms with Gasteiger partial charge in [0.05, 0.1) is 20.6 Å². The molecule has 0 spiro atoms. The van der Waals surface area contributed by atoms with E-state index in [1.165, 1.54) is 0 Å². The van der Waals surface area contributed by atoms with Gasteiger partial charge in [-0.25, -0.2) is 0 Å². The number of hydrogen-bond donors (Lipinski definition) is 2. The quantitative estimate of drug-likeness (QED) is 0.411. The van der Waals surface area contributed by atoms with Gasteiger partial charge in [0.1, 0.15) is 0 Å². The number of anilines is 3. The maximum atomic E-state index is 8.88. The van der Waals surface area contributed by atoms with Crippen LogP contribution in [-0.2, 0) is 0 Å². The lowest BCUT2D eigenvalue weighted by Crippen LogP contribution is -2.05. The summed E-state index contributed by atoms with van der Waals surface area (Å²) < 4.78 is 8.40. The molecule has 0 radical (unpaired) electrons. The number of nitrogens with two attached hydrogens (primary N) is 1. The largest absolute Gasteiger partial charge is 0.422 e.